The van der Waals surface area contributed by atoms with Gasteiger partial charge >= 0.3 is 6.01 Å². The molecule has 0 aliphatic heterocycles. The zero-order chi connectivity index (χ0) is 22.4. The average Bonchev–Trinajstić information content (AvgIpc) is 2.75. The number of aryl methyl sites for hydroxylation is 2. The molecule has 0 atom stereocenters. The van der Waals surface area contributed by atoms with Crippen LogP contribution in [0.1, 0.15) is 22.3 Å². The van der Waals surface area contributed by atoms with Crippen LogP contribution in [0.4, 0.5) is 17.6 Å². The van der Waals surface area contributed by atoms with Crippen LogP contribution in [0.5, 0.6) is 11.8 Å². The third-order valence-electron chi connectivity index (χ3n) is 4.30. The lowest BCUT2D eigenvalue weighted by Gasteiger charge is -2.15. The topological polar surface area (TPSA) is 111 Å². The molecule has 31 heavy (non-hydrogen) atoms. The first-order chi connectivity index (χ1) is 14.9. The number of benzene rings is 2. The summed E-state index contributed by atoms with van der Waals surface area (Å²) in [6.07, 6.45) is 3.18. The fraction of sp³-hybridized carbons (Fsp3) is 0.174. The second-order valence-electron chi connectivity index (χ2n) is 7.00. The van der Waals surface area contributed by atoms with Crippen LogP contribution in [0, 0.1) is 36.5 Å². The molecule has 2 aromatic carbocycles. The van der Waals surface area contributed by atoms with Crippen molar-refractivity contribution in [1.82, 2.24) is 15.0 Å². The molecule has 0 spiro atoms. The van der Waals surface area contributed by atoms with E-state index in [0.717, 1.165) is 22.4 Å². The number of ether oxygens (including phenoxy) is 1. The summed E-state index contributed by atoms with van der Waals surface area (Å²) in [6.45, 7) is 3.85. The number of anilines is 3. The van der Waals surface area contributed by atoms with E-state index in [4.69, 9.17) is 15.3 Å². The largest absolute Gasteiger partial charge is 0.424 e. The average molecular weight is 411 g/mol. The minimum Gasteiger partial charge on any atom is -0.424 e. The van der Waals surface area contributed by atoms with Gasteiger partial charge < -0.3 is 15.0 Å². The predicted molar refractivity (Wildman–Crippen MR) is 119 cm³/mol. The summed E-state index contributed by atoms with van der Waals surface area (Å²) in [4.78, 5) is 15.0. The molecule has 8 heteroatoms. The van der Waals surface area contributed by atoms with Crippen molar-refractivity contribution in [3.63, 3.8) is 0 Å². The van der Waals surface area contributed by atoms with Crippen molar-refractivity contribution >= 4 is 23.7 Å². The van der Waals surface area contributed by atoms with Gasteiger partial charge in [0.05, 0.1) is 17.7 Å². The van der Waals surface area contributed by atoms with Crippen LogP contribution in [-0.2, 0) is 0 Å². The Kier molecular flexibility index (Phi) is 6.44. The Labute approximate surface area is 181 Å². The van der Waals surface area contributed by atoms with Crippen molar-refractivity contribution in [3.05, 3.63) is 64.7 Å². The Hall–Kier alpha value is -4.43. The van der Waals surface area contributed by atoms with Crippen LogP contribution < -0.4 is 15.0 Å². The van der Waals surface area contributed by atoms with Crippen LogP contribution in [0.3, 0.4) is 0 Å². The van der Waals surface area contributed by atoms with Gasteiger partial charge in [-0.15, -0.1) is 0 Å². The fourth-order valence-electron chi connectivity index (χ4n) is 2.87. The first-order valence-corrected chi connectivity index (χ1v) is 9.45. The van der Waals surface area contributed by atoms with Crippen LogP contribution in [0.25, 0.3) is 6.08 Å². The molecule has 8 nitrogen and oxygen atoms in total. The van der Waals surface area contributed by atoms with Gasteiger partial charge in [0.2, 0.25) is 11.9 Å². The lowest BCUT2D eigenvalue weighted by Crippen LogP contribution is -2.15. The number of nitriles is 2. The normalized spacial score (nSPS) is 10.4. The van der Waals surface area contributed by atoms with Crippen LogP contribution in [0.15, 0.2) is 42.5 Å². The van der Waals surface area contributed by atoms with Gasteiger partial charge in [-0.2, -0.15) is 25.5 Å². The predicted octanol–water partition coefficient (Wildman–Crippen LogP) is 4.50. The Balaban J connectivity index is 1.93. The van der Waals surface area contributed by atoms with Crippen molar-refractivity contribution in [2.45, 2.75) is 13.8 Å². The van der Waals surface area contributed by atoms with Gasteiger partial charge in [-0.3, -0.25) is 0 Å². The Morgan fingerprint density at radius 3 is 2.26 bits per heavy atom. The van der Waals surface area contributed by atoms with Gasteiger partial charge in [0.15, 0.2) is 0 Å². The standard InChI is InChI=1S/C23H21N7O/c1-15-12-18(6-5-11-24)13-16(2)20(15)31-23-28-21(27-22(29-23)30(3)4)26-19-9-7-17(14-25)8-10-19/h5-10,12-13H,1-4H3,(H,26,27,28,29). The van der Waals surface area contributed by atoms with E-state index >= 15 is 0 Å². The zero-order valence-electron chi connectivity index (χ0n) is 17.7. The molecule has 0 aliphatic rings. The van der Waals surface area contributed by atoms with Gasteiger partial charge in [-0.05, 0) is 73.0 Å². The molecule has 0 amide bonds. The Bertz CT molecular complexity index is 1180. The number of allylic oxidation sites excluding steroid dienone is 1. The number of hydrogen-bond donors (Lipinski definition) is 1. The highest BCUT2D eigenvalue weighted by molar-refractivity contribution is 5.59. The number of nitrogens with zero attached hydrogens (tertiary/aromatic N) is 6. The fourth-order valence-corrected chi connectivity index (χ4v) is 2.87. The van der Waals surface area contributed by atoms with Gasteiger partial charge in [0.1, 0.15) is 5.75 Å². The smallest absolute Gasteiger partial charge is 0.328 e. The highest BCUT2D eigenvalue weighted by atomic mass is 16.5. The molecule has 0 saturated heterocycles. The molecule has 154 valence electrons. The van der Waals surface area contributed by atoms with Crippen molar-refractivity contribution in [2.75, 3.05) is 24.3 Å². The summed E-state index contributed by atoms with van der Waals surface area (Å²) in [5.41, 5.74) is 4.01. The number of nitrogens with one attached hydrogen (secondary N) is 1. The van der Waals surface area contributed by atoms with Gasteiger partial charge in [0, 0.05) is 25.9 Å². The molecule has 1 heterocycles. The Morgan fingerprint density at radius 1 is 1.00 bits per heavy atom. The highest BCUT2D eigenvalue weighted by Crippen LogP contribution is 2.30. The first-order valence-electron chi connectivity index (χ1n) is 9.45. The van der Waals surface area contributed by atoms with E-state index in [2.05, 4.69) is 26.3 Å². The summed E-state index contributed by atoms with van der Waals surface area (Å²) in [5.74, 6) is 1.40. The van der Waals surface area contributed by atoms with E-state index in [0.29, 0.717) is 23.2 Å². The lowest BCUT2D eigenvalue weighted by atomic mass is 10.1. The third kappa shape index (κ3) is 5.34. The van der Waals surface area contributed by atoms with Crippen molar-refractivity contribution < 1.29 is 4.74 Å². The molecular formula is C23H21N7O. The minimum absolute atomic E-state index is 0.154. The van der Waals surface area contributed by atoms with Gasteiger partial charge in [-0.25, -0.2) is 0 Å². The Morgan fingerprint density at radius 2 is 1.68 bits per heavy atom. The molecule has 0 saturated carbocycles. The molecule has 0 radical (unpaired) electrons. The third-order valence-corrected chi connectivity index (χ3v) is 4.30. The second-order valence-corrected chi connectivity index (χ2v) is 7.00. The van der Waals surface area contributed by atoms with E-state index in [9.17, 15) is 0 Å². The van der Waals surface area contributed by atoms with Crippen molar-refractivity contribution in [1.29, 1.82) is 10.5 Å². The molecule has 0 unspecified atom stereocenters. The molecule has 0 fully saturated rings. The summed E-state index contributed by atoms with van der Waals surface area (Å²) in [5, 5.41) is 20.8. The first kappa shape index (κ1) is 21.3. The summed E-state index contributed by atoms with van der Waals surface area (Å²) < 4.78 is 6.04. The maximum atomic E-state index is 8.95. The molecular weight excluding hydrogens is 390 g/mol. The summed E-state index contributed by atoms with van der Waals surface area (Å²) in [6, 6.07) is 15.1. The molecule has 0 bridgehead atoms. The minimum atomic E-state index is 0.154. The van der Waals surface area contributed by atoms with Crippen LogP contribution in [-0.4, -0.2) is 29.0 Å². The quantitative estimate of drug-likeness (QED) is 0.590. The molecule has 0 aliphatic carbocycles. The number of rotatable bonds is 6. The van der Waals surface area contributed by atoms with Gasteiger partial charge in [0.25, 0.3) is 0 Å². The zero-order valence-corrected chi connectivity index (χ0v) is 17.7. The van der Waals surface area contributed by atoms with E-state index in [1.807, 2.05) is 46.1 Å². The summed E-state index contributed by atoms with van der Waals surface area (Å²) >= 11 is 0. The van der Waals surface area contributed by atoms with Crippen LogP contribution >= 0.6 is 0 Å². The van der Waals surface area contributed by atoms with Gasteiger partial charge in [-0.1, -0.05) is 0 Å². The second kappa shape index (κ2) is 9.38. The lowest BCUT2D eigenvalue weighted by molar-refractivity contribution is 0.434. The molecule has 3 rings (SSSR count). The molecule has 3 aromatic rings. The van der Waals surface area contributed by atoms with E-state index in [1.54, 1.807) is 35.2 Å². The maximum Gasteiger partial charge on any atom is 0.328 e. The molecule has 1 N–H and O–H groups in total. The van der Waals surface area contributed by atoms with E-state index < -0.39 is 0 Å². The SMILES string of the molecule is Cc1cc(C=CC#N)cc(C)c1Oc1nc(Nc2ccc(C#N)cc2)nc(N(C)C)n1. The van der Waals surface area contributed by atoms with E-state index in [1.165, 1.54) is 6.08 Å². The number of hydrogen-bond acceptors (Lipinski definition) is 8. The van der Waals surface area contributed by atoms with E-state index in [-0.39, 0.29) is 6.01 Å². The molecule has 1 aromatic heterocycles. The summed E-state index contributed by atoms with van der Waals surface area (Å²) in [7, 11) is 3.66. The van der Waals surface area contributed by atoms with Crippen LogP contribution in [0.2, 0.25) is 0 Å². The maximum absolute atomic E-state index is 8.95. The van der Waals surface area contributed by atoms with Crippen molar-refractivity contribution in [2.24, 2.45) is 0 Å². The monoisotopic (exact) mass is 411 g/mol. The highest BCUT2D eigenvalue weighted by Gasteiger charge is 2.14. The number of aromatic nitrogens is 3. The van der Waals surface area contributed by atoms with Crippen molar-refractivity contribution in [3.8, 4) is 23.9 Å².